The van der Waals surface area contributed by atoms with Gasteiger partial charge in [0.15, 0.2) is 0 Å². The molecule has 5 heteroatoms. The number of carbonyl (C=O) groups is 1. The number of hydrogen-bond donors (Lipinski definition) is 2. The lowest BCUT2D eigenvalue weighted by Crippen LogP contribution is -2.31. The molecule has 0 radical (unpaired) electrons. The van der Waals surface area contributed by atoms with Crippen LogP contribution in [0.25, 0.3) is 0 Å². The molecular formula is C26H38N2O3. The van der Waals surface area contributed by atoms with Crippen LogP contribution in [0.4, 0.5) is 10.5 Å². The Hall–Kier alpha value is -2.53. The van der Waals surface area contributed by atoms with Crippen molar-refractivity contribution < 1.29 is 14.3 Å². The van der Waals surface area contributed by atoms with Crippen LogP contribution in [0.2, 0.25) is 0 Å². The third kappa shape index (κ3) is 12.0. The van der Waals surface area contributed by atoms with Crippen LogP contribution in [-0.2, 0) is 11.3 Å². The highest BCUT2D eigenvalue weighted by Gasteiger charge is 2.02. The van der Waals surface area contributed by atoms with Gasteiger partial charge in [-0.3, -0.25) is 0 Å². The van der Waals surface area contributed by atoms with Gasteiger partial charge in [0.1, 0.15) is 5.75 Å². The minimum atomic E-state index is -0.240. The fraction of sp³-hybridized carbons (Fsp3) is 0.500. The monoisotopic (exact) mass is 426 g/mol. The first-order valence-corrected chi connectivity index (χ1v) is 11.7. The number of hydrogen-bond acceptors (Lipinski definition) is 3. The van der Waals surface area contributed by atoms with Crippen LogP contribution in [0.15, 0.2) is 54.6 Å². The van der Waals surface area contributed by atoms with E-state index in [1.165, 1.54) is 44.9 Å². The average molecular weight is 427 g/mol. The van der Waals surface area contributed by atoms with E-state index in [4.69, 9.17) is 9.47 Å². The van der Waals surface area contributed by atoms with Crippen molar-refractivity contribution in [3.05, 3.63) is 60.2 Å². The van der Waals surface area contributed by atoms with Crippen LogP contribution < -0.4 is 15.4 Å². The number of urea groups is 1. The van der Waals surface area contributed by atoms with Crippen LogP contribution in [0.3, 0.4) is 0 Å². The van der Waals surface area contributed by atoms with Gasteiger partial charge in [-0.05, 0) is 36.2 Å². The van der Waals surface area contributed by atoms with Crippen molar-refractivity contribution in [3.63, 3.8) is 0 Å². The molecule has 0 atom stereocenters. The summed E-state index contributed by atoms with van der Waals surface area (Å²) < 4.78 is 11.4. The Labute approximate surface area is 187 Å². The van der Waals surface area contributed by atoms with Crippen LogP contribution in [-0.4, -0.2) is 25.8 Å². The maximum absolute atomic E-state index is 12.0. The fourth-order valence-corrected chi connectivity index (χ4v) is 3.24. The molecule has 0 fully saturated rings. The van der Waals surface area contributed by atoms with E-state index < -0.39 is 0 Å². The van der Waals surface area contributed by atoms with Crippen molar-refractivity contribution in [2.24, 2.45) is 0 Å². The Morgan fingerprint density at radius 1 is 0.806 bits per heavy atom. The molecular weight excluding hydrogens is 388 g/mol. The average Bonchev–Trinajstić information content (AvgIpc) is 2.79. The largest absolute Gasteiger partial charge is 0.494 e. The molecule has 0 aliphatic heterocycles. The minimum absolute atomic E-state index is 0.240. The van der Waals surface area contributed by atoms with Crippen LogP contribution in [0.5, 0.6) is 5.75 Å². The molecule has 2 N–H and O–H groups in total. The molecule has 0 heterocycles. The molecule has 2 amide bonds. The van der Waals surface area contributed by atoms with Crippen molar-refractivity contribution in [1.82, 2.24) is 5.32 Å². The Balaban J connectivity index is 1.49. The van der Waals surface area contributed by atoms with E-state index in [-0.39, 0.29) is 6.03 Å². The number of amides is 2. The zero-order valence-corrected chi connectivity index (χ0v) is 18.9. The quantitative estimate of drug-likeness (QED) is 0.299. The van der Waals surface area contributed by atoms with Crippen LogP contribution in [0, 0.1) is 0 Å². The van der Waals surface area contributed by atoms with Crippen LogP contribution >= 0.6 is 0 Å². The first-order chi connectivity index (χ1) is 15.3. The lowest BCUT2D eigenvalue weighted by molar-refractivity contribution is 0.124. The van der Waals surface area contributed by atoms with Crippen molar-refractivity contribution in [2.75, 3.05) is 25.1 Å². The van der Waals surface area contributed by atoms with E-state index in [2.05, 4.69) is 17.6 Å². The molecule has 0 aliphatic rings. The molecule has 2 aromatic rings. The van der Waals surface area contributed by atoms with Gasteiger partial charge in [-0.2, -0.15) is 0 Å². The number of carbonyl (C=O) groups excluding carboxylic acids is 1. The van der Waals surface area contributed by atoms with Gasteiger partial charge in [0.05, 0.1) is 19.8 Å². The van der Waals surface area contributed by atoms with E-state index in [9.17, 15) is 4.79 Å². The third-order valence-corrected chi connectivity index (χ3v) is 5.02. The number of rotatable bonds is 16. The fourth-order valence-electron chi connectivity index (χ4n) is 3.24. The minimum Gasteiger partial charge on any atom is -0.494 e. The summed E-state index contributed by atoms with van der Waals surface area (Å²) in [5.41, 5.74) is 1.86. The molecule has 2 rings (SSSR count). The molecule has 0 aliphatic carbocycles. The smallest absolute Gasteiger partial charge is 0.319 e. The molecule has 0 saturated heterocycles. The predicted octanol–water partition coefficient (Wildman–Crippen LogP) is 6.54. The summed E-state index contributed by atoms with van der Waals surface area (Å²) in [6.45, 7) is 4.46. The van der Waals surface area contributed by atoms with E-state index >= 15 is 0 Å². The standard InChI is InChI=1S/C26H38N2O3/c1-2-3-4-5-6-7-8-12-20-31-25-17-15-24(16-18-25)28-26(29)27-19-21-30-22-23-13-10-9-11-14-23/h9-11,13-18H,2-8,12,19-22H2,1H3,(H2,27,28,29). The molecule has 0 saturated carbocycles. The summed E-state index contributed by atoms with van der Waals surface area (Å²) in [5, 5.41) is 5.62. The highest BCUT2D eigenvalue weighted by atomic mass is 16.5. The topological polar surface area (TPSA) is 59.6 Å². The zero-order chi connectivity index (χ0) is 22.0. The van der Waals surface area contributed by atoms with Crippen molar-refractivity contribution in [3.8, 4) is 5.75 Å². The van der Waals surface area contributed by atoms with E-state index in [0.717, 1.165) is 30.0 Å². The Kier molecular flexibility index (Phi) is 12.9. The van der Waals surface area contributed by atoms with Crippen molar-refractivity contribution in [1.29, 1.82) is 0 Å². The molecule has 170 valence electrons. The molecule has 2 aromatic carbocycles. The maximum Gasteiger partial charge on any atom is 0.319 e. The summed E-state index contributed by atoms with van der Waals surface area (Å²) >= 11 is 0. The summed E-state index contributed by atoms with van der Waals surface area (Å²) in [6.07, 6.45) is 10.3. The summed E-state index contributed by atoms with van der Waals surface area (Å²) in [5.74, 6) is 0.836. The second-order valence-electron chi connectivity index (χ2n) is 7.77. The Morgan fingerprint density at radius 2 is 1.48 bits per heavy atom. The Morgan fingerprint density at radius 3 is 2.19 bits per heavy atom. The van der Waals surface area contributed by atoms with Crippen molar-refractivity contribution in [2.45, 2.75) is 64.9 Å². The van der Waals surface area contributed by atoms with E-state index in [0.29, 0.717) is 19.8 Å². The lowest BCUT2D eigenvalue weighted by atomic mass is 10.1. The number of anilines is 1. The predicted molar refractivity (Wildman–Crippen MR) is 128 cm³/mol. The van der Waals surface area contributed by atoms with Gasteiger partial charge in [-0.25, -0.2) is 4.79 Å². The summed E-state index contributed by atoms with van der Waals surface area (Å²) in [6, 6.07) is 17.2. The van der Waals surface area contributed by atoms with Crippen molar-refractivity contribution >= 4 is 11.7 Å². The summed E-state index contributed by atoms with van der Waals surface area (Å²) in [4.78, 5) is 12.0. The van der Waals surface area contributed by atoms with E-state index in [1.54, 1.807) is 0 Å². The second-order valence-corrected chi connectivity index (χ2v) is 7.77. The van der Waals surface area contributed by atoms with Gasteiger partial charge in [0, 0.05) is 12.2 Å². The normalized spacial score (nSPS) is 10.6. The lowest BCUT2D eigenvalue weighted by Gasteiger charge is -2.10. The zero-order valence-electron chi connectivity index (χ0n) is 18.9. The first-order valence-electron chi connectivity index (χ1n) is 11.7. The van der Waals surface area contributed by atoms with Gasteiger partial charge >= 0.3 is 6.03 Å². The van der Waals surface area contributed by atoms with Gasteiger partial charge in [0.25, 0.3) is 0 Å². The van der Waals surface area contributed by atoms with Crippen LogP contribution in [0.1, 0.15) is 63.9 Å². The van der Waals surface area contributed by atoms with Gasteiger partial charge in [0.2, 0.25) is 0 Å². The SMILES string of the molecule is CCCCCCCCCCOc1ccc(NC(=O)NCCOCc2ccccc2)cc1. The van der Waals surface area contributed by atoms with Gasteiger partial charge in [-0.1, -0.05) is 82.2 Å². The number of benzene rings is 2. The highest BCUT2D eigenvalue weighted by molar-refractivity contribution is 5.89. The van der Waals surface area contributed by atoms with Gasteiger partial charge < -0.3 is 20.1 Å². The molecule has 0 unspecified atom stereocenters. The highest BCUT2D eigenvalue weighted by Crippen LogP contribution is 2.16. The second kappa shape index (κ2) is 16.2. The van der Waals surface area contributed by atoms with Gasteiger partial charge in [-0.15, -0.1) is 0 Å². The maximum atomic E-state index is 12.0. The van der Waals surface area contributed by atoms with E-state index in [1.807, 2.05) is 54.6 Å². The molecule has 5 nitrogen and oxygen atoms in total. The first kappa shape index (κ1) is 24.7. The third-order valence-electron chi connectivity index (χ3n) is 5.02. The number of ether oxygens (including phenoxy) is 2. The number of unbranched alkanes of at least 4 members (excludes halogenated alkanes) is 7. The molecule has 31 heavy (non-hydrogen) atoms. The summed E-state index contributed by atoms with van der Waals surface area (Å²) in [7, 11) is 0. The molecule has 0 spiro atoms. The Bertz CT molecular complexity index is 704. The molecule has 0 bridgehead atoms. The number of nitrogens with one attached hydrogen (secondary N) is 2. The molecule has 0 aromatic heterocycles.